The number of carbonyl (C=O) groups excluding carboxylic acids is 1. The summed E-state index contributed by atoms with van der Waals surface area (Å²) >= 11 is 3.43. The average molecular weight is 340 g/mol. The van der Waals surface area contributed by atoms with Gasteiger partial charge in [0.2, 0.25) is 0 Å². The normalized spacial score (nSPS) is 22.6. The molecule has 0 spiro atoms. The number of carbonyl (C=O) groups is 1. The van der Waals surface area contributed by atoms with E-state index in [1.807, 2.05) is 25.1 Å². The molecule has 0 saturated carbocycles. The molecule has 1 N–H and O–H groups in total. The Bertz CT molecular complexity index is 476. The van der Waals surface area contributed by atoms with E-state index in [-0.39, 0.29) is 5.91 Å². The van der Waals surface area contributed by atoms with Gasteiger partial charge >= 0.3 is 0 Å². The van der Waals surface area contributed by atoms with Crippen molar-refractivity contribution < 1.29 is 9.53 Å². The fraction of sp³-hybridized carbons (Fsp3) is 0.562. The Labute approximate surface area is 129 Å². The second kappa shape index (κ2) is 7.23. The highest BCUT2D eigenvalue weighted by Gasteiger charge is 2.19. The Kier molecular flexibility index (Phi) is 5.61. The molecule has 4 heteroatoms. The van der Waals surface area contributed by atoms with Gasteiger partial charge in [-0.25, -0.2) is 0 Å². The summed E-state index contributed by atoms with van der Waals surface area (Å²) < 4.78 is 6.39. The van der Waals surface area contributed by atoms with Gasteiger partial charge in [0.05, 0.1) is 11.7 Å². The van der Waals surface area contributed by atoms with Crippen LogP contribution in [-0.4, -0.2) is 25.2 Å². The van der Waals surface area contributed by atoms with Crippen LogP contribution >= 0.6 is 15.9 Å². The molecule has 3 nitrogen and oxygen atoms in total. The van der Waals surface area contributed by atoms with Crippen molar-refractivity contribution in [1.29, 1.82) is 0 Å². The van der Waals surface area contributed by atoms with E-state index >= 15 is 0 Å². The summed E-state index contributed by atoms with van der Waals surface area (Å²) in [7, 11) is 0. The van der Waals surface area contributed by atoms with Crippen molar-refractivity contribution >= 4 is 21.8 Å². The molecule has 2 rings (SSSR count). The van der Waals surface area contributed by atoms with Crippen LogP contribution in [0.1, 0.15) is 42.1 Å². The van der Waals surface area contributed by atoms with Gasteiger partial charge in [-0.1, -0.05) is 11.6 Å². The number of ether oxygens (including phenoxy) is 1. The van der Waals surface area contributed by atoms with Crippen molar-refractivity contribution in [2.45, 2.75) is 39.2 Å². The van der Waals surface area contributed by atoms with E-state index in [0.717, 1.165) is 42.5 Å². The standard InChI is InChI=1S/C16H22BrNO2/c1-11-3-4-15(17)14(9-11)16(19)18-7-5-13-6-8-20-12(2)10-13/h3-4,9,12-13H,5-8,10H2,1-2H3,(H,18,19)/t12-,13+/m1/s1. The Balaban J connectivity index is 1.81. The SMILES string of the molecule is Cc1ccc(Br)c(C(=O)NCC[C@H]2CCO[C@H](C)C2)c1. The van der Waals surface area contributed by atoms with E-state index < -0.39 is 0 Å². The van der Waals surface area contributed by atoms with E-state index in [4.69, 9.17) is 4.74 Å². The predicted molar refractivity (Wildman–Crippen MR) is 84.0 cm³/mol. The third kappa shape index (κ3) is 4.32. The maximum Gasteiger partial charge on any atom is 0.252 e. The van der Waals surface area contributed by atoms with Gasteiger partial charge in [0.15, 0.2) is 0 Å². The van der Waals surface area contributed by atoms with Gasteiger partial charge in [-0.3, -0.25) is 4.79 Å². The number of amides is 1. The van der Waals surface area contributed by atoms with Crippen LogP contribution in [0.15, 0.2) is 22.7 Å². The van der Waals surface area contributed by atoms with E-state index in [9.17, 15) is 4.79 Å². The third-order valence-electron chi connectivity index (χ3n) is 3.80. The first kappa shape index (κ1) is 15.5. The molecule has 1 amide bonds. The van der Waals surface area contributed by atoms with Crippen LogP contribution in [0, 0.1) is 12.8 Å². The second-order valence-electron chi connectivity index (χ2n) is 5.60. The lowest BCUT2D eigenvalue weighted by molar-refractivity contribution is 0.00109. The predicted octanol–water partition coefficient (Wildman–Crippen LogP) is 3.69. The Hall–Kier alpha value is -0.870. The van der Waals surface area contributed by atoms with Crippen LogP contribution < -0.4 is 5.32 Å². The van der Waals surface area contributed by atoms with Gasteiger partial charge < -0.3 is 10.1 Å². The monoisotopic (exact) mass is 339 g/mol. The summed E-state index contributed by atoms with van der Waals surface area (Å²) in [5.41, 5.74) is 1.81. The van der Waals surface area contributed by atoms with Gasteiger partial charge in [-0.05, 0) is 67.1 Å². The molecular formula is C16H22BrNO2. The maximum absolute atomic E-state index is 12.2. The molecule has 1 heterocycles. The van der Waals surface area contributed by atoms with Crippen molar-refractivity contribution in [2.24, 2.45) is 5.92 Å². The molecule has 110 valence electrons. The van der Waals surface area contributed by atoms with Crippen LogP contribution in [0.2, 0.25) is 0 Å². The minimum atomic E-state index is 0.000632. The molecule has 1 aliphatic rings. The van der Waals surface area contributed by atoms with Crippen molar-refractivity contribution in [3.05, 3.63) is 33.8 Å². The average Bonchev–Trinajstić information content (AvgIpc) is 2.41. The van der Waals surface area contributed by atoms with Crippen LogP contribution in [0.3, 0.4) is 0 Å². The van der Waals surface area contributed by atoms with Crippen LogP contribution in [0.5, 0.6) is 0 Å². The molecule has 1 aromatic carbocycles. The number of hydrogen-bond acceptors (Lipinski definition) is 2. The number of aryl methyl sites for hydroxylation is 1. The van der Waals surface area contributed by atoms with Crippen molar-refractivity contribution in [2.75, 3.05) is 13.2 Å². The van der Waals surface area contributed by atoms with Crippen molar-refractivity contribution in [3.63, 3.8) is 0 Å². The largest absolute Gasteiger partial charge is 0.378 e. The minimum Gasteiger partial charge on any atom is -0.378 e. The zero-order chi connectivity index (χ0) is 14.5. The number of hydrogen-bond donors (Lipinski definition) is 1. The molecule has 2 atom stereocenters. The smallest absolute Gasteiger partial charge is 0.252 e. The maximum atomic E-state index is 12.2. The quantitative estimate of drug-likeness (QED) is 0.908. The van der Waals surface area contributed by atoms with E-state index in [2.05, 4.69) is 28.2 Å². The van der Waals surface area contributed by atoms with E-state index in [1.54, 1.807) is 0 Å². The van der Waals surface area contributed by atoms with Crippen molar-refractivity contribution in [3.8, 4) is 0 Å². The molecule has 0 radical (unpaired) electrons. The van der Waals surface area contributed by atoms with E-state index in [0.29, 0.717) is 17.6 Å². The summed E-state index contributed by atoms with van der Waals surface area (Å²) in [6.07, 6.45) is 3.59. The summed E-state index contributed by atoms with van der Waals surface area (Å²) in [6.45, 7) is 5.70. The number of nitrogens with one attached hydrogen (secondary N) is 1. The fourth-order valence-corrected chi connectivity index (χ4v) is 3.08. The highest BCUT2D eigenvalue weighted by Crippen LogP contribution is 2.22. The van der Waals surface area contributed by atoms with Crippen LogP contribution in [0.4, 0.5) is 0 Å². The zero-order valence-corrected chi connectivity index (χ0v) is 13.7. The molecule has 1 aliphatic heterocycles. The van der Waals surface area contributed by atoms with Gasteiger partial charge in [0.1, 0.15) is 0 Å². The number of benzene rings is 1. The molecule has 20 heavy (non-hydrogen) atoms. The fourth-order valence-electron chi connectivity index (χ4n) is 2.65. The zero-order valence-electron chi connectivity index (χ0n) is 12.1. The molecule has 0 aromatic heterocycles. The number of rotatable bonds is 4. The second-order valence-corrected chi connectivity index (χ2v) is 6.45. The van der Waals surface area contributed by atoms with Crippen LogP contribution in [0.25, 0.3) is 0 Å². The molecule has 1 saturated heterocycles. The highest BCUT2D eigenvalue weighted by atomic mass is 79.9. The molecule has 1 fully saturated rings. The molecule has 0 bridgehead atoms. The minimum absolute atomic E-state index is 0.000632. The topological polar surface area (TPSA) is 38.3 Å². The highest BCUT2D eigenvalue weighted by molar-refractivity contribution is 9.10. The van der Waals surface area contributed by atoms with Crippen molar-refractivity contribution in [1.82, 2.24) is 5.32 Å². The lowest BCUT2D eigenvalue weighted by Crippen LogP contribution is -2.29. The van der Waals surface area contributed by atoms with Gasteiger partial charge in [-0.2, -0.15) is 0 Å². The molecule has 1 aromatic rings. The van der Waals surface area contributed by atoms with Gasteiger partial charge in [-0.15, -0.1) is 0 Å². The Morgan fingerprint density at radius 1 is 1.50 bits per heavy atom. The third-order valence-corrected chi connectivity index (χ3v) is 4.49. The number of halogens is 1. The summed E-state index contributed by atoms with van der Waals surface area (Å²) in [5, 5.41) is 3.02. The first-order chi connectivity index (χ1) is 9.56. The first-order valence-corrected chi connectivity index (χ1v) is 8.01. The lowest BCUT2D eigenvalue weighted by atomic mass is 9.93. The first-order valence-electron chi connectivity index (χ1n) is 7.22. The summed E-state index contributed by atoms with van der Waals surface area (Å²) in [5.74, 6) is 0.667. The Morgan fingerprint density at radius 3 is 3.05 bits per heavy atom. The molecular weight excluding hydrogens is 318 g/mol. The summed E-state index contributed by atoms with van der Waals surface area (Å²) in [6, 6.07) is 5.82. The molecule has 0 aliphatic carbocycles. The molecule has 0 unspecified atom stereocenters. The van der Waals surface area contributed by atoms with E-state index in [1.165, 1.54) is 0 Å². The Morgan fingerprint density at radius 2 is 2.30 bits per heavy atom. The summed E-state index contributed by atoms with van der Waals surface area (Å²) in [4.78, 5) is 12.2. The lowest BCUT2D eigenvalue weighted by Gasteiger charge is -2.27. The van der Waals surface area contributed by atoms with Crippen LogP contribution in [-0.2, 0) is 4.74 Å². The van der Waals surface area contributed by atoms with Gasteiger partial charge in [0.25, 0.3) is 5.91 Å². The van der Waals surface area contributed by atoms with Gasteiger partial charge in [0, 0.05) is 17.6 Å².